The SMILES string of the molecule is N#CC1=CCONC1. The van der Waals surface area contributed by atoms with E-state index in [0.717, 1.165) is 5.57 Å². The van der Waals surface area contributed by atoms with Gasteiger partial charge >= 0.3 is 0 Å². The van der Waals surface area contributed by atoms with Crippen LogP contribution in [-0.4, -0.2) is 13.2 Å². The van der Waals surface area contributed by atoms with Crippen molar-refractivity contribution in [3.8, 4) is 6.07 Å². The summed E-state index contributed by atoms with van der Waals surface area (Å²) < 4.78 is 0. The highest BCUT2D eigenvalue weighted by Gasteiger charge is 1.98. The van der Waals surface area contributed by atoms with Gasteiger partial charge in [-0.3, -0.25) is 4.84 Å². The van der Waals surface area contributed by atoms with E-state index in [1.807, 2.05) is 6.07 Å². The normalized spacial score (nSPS) is 19.1. The molecule has 0 unspecified atom stereocenters. The molecule has 0 radical (unpaired) electrons. The number of nitrogens with one attached hydrogen (secondary N) is 1. The molecular formula is C5H6N2O. The molecule has 0 aromatic carbocycles. The minimum absolute atomic E-state index is 0.503. The van der Waals surface area contributed by atoms with E-state index in [0.29, 0.717) is 13.2 Å². The molecule has 3 nitrogen and oxygen atoms in total. The van der Waals surface area contributed by atoms with Crippen LogP contribution >= 0.6 is 0 Å². The number of hydrogen-bond acceptors (Lipinski definition) is 3. The summed E-state index contributed by atoms with van der Waals surface area (Å²) in [5, 5.41) is 8.28. The van der Waals surface area contributed by atoms with Gasteiger partial charge in [-0.25, -0.2) is 0 Å². The topological polar surface area (TPSA) is 45.0 Å². The van der Waals surface area contributed by atoms with E-state index in [2.05, 4.69) is 5.48 Å². The third-order valence-corrected chi connectivity index (χ3v) is 0.921. The first-order valence-electron chi connectivity index (χ1n) is 2.37. The highest BCUT2D eigenvalue weighted by molar-refractivity contribution is 5.22. The second-order valence-corrected chi connectivity index (χ2v) is 1.47. The van der Waals surface area contributed by atoms with Gasteiger partial charge in [0.15, 0.2) is 0 Å². The quantitative estimate of drug-likeness (QED) is 0.476. The van der Waals surface area contributed by atoms with Crippen molar-refractivity contribution in [3.05, 3.63) is 11.6 Å². The predicted molar refractivity (Wildman–Crippen MR) is 27.7 cm³/mol. The molecule has 0 bridgehead atoms. The van der Waals surface area contributed by atoms with Gasteiger partial charge in [0, 0.05) is 5.57 Å². The van der Waals surface area contributed by atoms with Gasteiger partial charge in [0.25, 0.3) is 0 Å². The zero-order chi connectivity index (χ0) is 5.82. The molecular weight excluding hydrogens is 104 g/mol. The molecule has 0 amide bonds. The van der Waals surface area contributed by atoms with Crippen molar-refractivity contribution >= 4 is 0 Å². The maximum absolute atomic E-state index is 8.28. The Morgan fingerprint density at radius 3 is 3.12 bits per heavy atom. The van der Waals surface area contributed by atoms with Crippen LogP contribution in [-0.2, 0) is 4.84 Å². The first-order valence-corrected chi connectivity index (χ1v) is 2.37. The van der Waals surface area contributed by atoms with Crippen LogP contribution in [0, 0.1) is 11.3 Å². The van der Waals surface area contributed by atoms with Gasteiger partial charge in [0.05, 0.1) is 19.2 Å². The Morgan fingerprint density at radius 2 is 2.75 bits per heavy atom. The van der Waals surface area contributed by atoms with Crippen LogP contribution in [0.4, 0.5) is 0 Å². The largest absolute Gasteiger partial charge is 0.297 e. The van der Waals surface area contributed by atoms with E-state index < -0.39 is 0 Å². The van der Waals surface area contributed by atoms with Crippen molar-refractivity contribution in [3.63, 3.8) is 0 Å². The molecule has 1 aliphatic heterocycles. The monoisotopic (exact) mass is 110 g/mol. The van der Waals surface area contributed by atoms with Crippen LogP contribution in [0.1, 0.15) is 0 Å². The fourth-order valence-corrected chi connectivity index (χ4v) is 0.487. The summed E-state index contributed by atoms with van der Waals surface area (Å²) in [6.45, 7) is 1.04. The number of hydrogen-bond donors (Lipinski definition) is 1. The Hall–Kier alpha value is -0.850. The van der Waals surface area contributed by atoms with Gasteiger partial charge < -0.3 is 0 Å². The van der Waals surface area contributed by atoms with Crippen LogP contribution < -0.4 is 5.48 Å². The number of hydroxylamine groups is 1. The van der Waals surface area contributed by atoms with Crippen molar-refractivity contribution in [2.45, 2.75) is 0 Å². The summed E-state index contributed by atoms with van der Waals surface area (Å²) in [5.74, 6) is 0. The summed E-state index contributed by atoms with van der Waals surface area (Å²) in [6, 6.07) is 2.02. The molecule has 0 aromatic heterocycles. The molecule has 0 spiro atoms. The zero-order valence-electron chi connectivity index (χ0n) is 4.35. The minimum Gasteiger partial charge on any atom is -0.297 e. The van der Waals surface area contributed by atoms with Crippen molar-refractivity contribution in [1.29, 1.82) is 5.26 Å². The van der Waals surface area contributed by atoms with Crippen LogP contribution in [0.2, 0.25) is 0 Å². The lowest BCUT2D eigenvalue weighted by Crippen LogP contribution is -2.21. The maximum Gasteiger partial charge on any atom is 0.0959 e. The number of nitriles is 1. The van der Waals surface area contributed by atoms with Gasteiger partial charge in [-0.15, -0.1) is 0 Å². The summed E-state index contributed by atoms with van der Waals surface area (Å²) in [5.41, 5.74) is 3.34. The molecule has 1 aliphatic rings. The molecule has 0 saturated heterocycles. The molecule has 1 rings (SSSR count). The minimum atomic E-state index is 0.503. The lowest BCUT2D eigenvalue weighted by Gasteiger charge is -2.07. The van der Waals surface area contributed by atoms with Crippen LogP contribution in [0.15, 0.2) is 11.6 Å². The third-order valence-electron chi connectivity index (χ3n) is 0.921. The van der Waals surface area contributed by atoms with Crippen molar-refractivity contribution in [2.75, 3.05) is 13.2 Å². The molecule has 1 heterocycles. The predicted octanol–water partition coefficient (Wildman–Crippen LogP) is -0.0288. The lowest BCUT2D eigenvalue weighted by atomic mass is 10.3. The van der Waals surface area contributed by atoms with Crippen molar-refractivity contribution < 1.29 is 4.84 Å². The van der Waals surface area contributed by atoms with Gasteiger partial charge in [0.1, 0.15) is 0 Å². The van der Waals surface area contributed by atoms with Crippen molar-refractivity contribution in [2.24, 2.45) is 0 Å². The van der Waals surface area contributed by atoms with E-state index in [4.69, 9.17) is 10.1 Å². The van der Waals surface area contributed by atoms with E-state index in [9.17, 15) is 0 Å². The van der Waals surface area contributed by atoms with Gasteiger partial charge in [-0.2, -0.15) is 10.7 Å². The standard InChI is InChI=1S/C5H6N2O/c6-3-5-1-2-8-7-4-5/h1,7H,2,4H2. The summed E-state index contributed by atoms with van der Waals surface area (Å²) in [7, 11) is 0. The second kappa shape index (κ2) is 2.46. The van der Waals surface area contributed by atoms with Crippen LogP contribution in [0.25, 0.3) is 0 Å². The first-order chi connectivity index (χ1) is 3.93. The smallest absolute Gasteiger partial charge is 0.0959 e. The Labute approximate surface area is 47.5 Å². The third kappa shape index (κ3) is 1.06. The van der Waals surface area contributed by atoms with E-state index in [-0.39, 0.29) is 0 Å². The average Bonchev–Trinajstić information content (AvgIpc) is 1.90. The fraction of sp³-hybridized carbons (Fsp3) is 0.400. The Bertz CT molecular complexity index is 145. The summed E-state index contributed by atoms with van der Waals surface area (Å²) in [6.07, 6.45) is 1.76. The van der Waals surface area contributed by atoms with Gasteiger partial charge in [-0.05, 0) is 6.08 Å². The maximum atomic E-state index is 8.28. The van der Waals surface area contributed by atoms with Crippen LogP contribution in [0.3, 0.4) is 0 Å². The number of rotatable bonds is 0. The molecule has 0 aliphatic carbocycles. The molecule has 0 aromatic rings. The van der Waals surface area contributed by atoms with Gasteiger partial charge in [0.2, 0.25) is 0 Å². The first kappa shape index (κ1) is 5.29. The summed E-state index contributed by atoms with van der Waals surface area (Å²) in [4.78, 5) is 4.72. The average molecular weight is 110 g/mol. The van der Waals surface area contributed by atoms with E-state index in [1.54, 1.807) is 6.08 Å². The molecule has 42 valence electrons. The van der Waals surface area contributed by atoms with Crippen LogP contribution in [0.5, 0.6) is 0 Å². The molecule has 8 heavy (non-hydrogen) atoms. The van der Waals surface area contributed by atoms with E-state index >= 15 is 0 Å². The highest BCUT2D eigenvalue weighted by Crippen LogP contribution is 1.93. The second-order valence-electron chi connectivity index (χ2n) is 1.47. The van der Waals surface area contributed by atoms with Crippen molar-refractivity contribution in [1.82, 2.24) is 5.48 Å². The Kier molecular flexibility index (Phi) is 1.62. The number of nitrogens with zero attached hydrogens (tertiary/aromatic N) is 1. The molecule has 1 N–H and O–H groups in total. The molecule has 0 fully saturated rings. The molecule has 0 saturated carbocycles. The summed E-state index contributed by atoms with van der Waals surface area (Å²) >= 11 is 0. The lowest BCUT2D eigenvalue weighted by molar-refractivity contribution is 0.0607. The molecule has 0 atom stereocenters. The van der Waals surface area contributed by atoms with Gasteiger partial charge in [-0.1, -0.05) is 0 Å². The fourth-order valence-electron chi connectivity index (χ4n) is 0.487. The highest BCUT2D eigenvalue weighted by atomic mass is 16.6. The Balaban J connectivity index is 2.53. The molecule has 3 heteroatoms. The zero-order valence-corrected chi connectivity index (χ0v) is 4.35. The Morgan fingerprint density at radius 1 is 1.88 bits per heavy atom. The van der Waals surface area contributed by atoms with E-state index in [1.165, 1.54) is 0 Å².